The zero-order chi connectivity index (χ0) is 19.1. The molecule has 1 aliphatic heterocycles. The summed E-state index contributed by atoms with van der Waals surface area (Å²) in [6.07, 6.45) is 0.962. The molecule has 0 bridgehead atoms. The first-order valence-electron chi connectivity index (χ1n) is 9.12. The number of anilines is 2. The third-order valence-corrected chi connectivity index (χ3v) is 4.66. The third-order valence-electron chi connectivity index (χ3n) is 4.55. The van der Waals surface area contributed by atoms with Gasteiger partial charge in [-0.3, -0.25) is 4.90 Å². The second-order valence-corrected chi connectivity index (χ2v) is 6.96. The van der Waals surface area contributed by atoms with Gasteiger partial charge in [-0.2, -0.15) is 0 Å². The summed E-state index contributed by atoms with van der Waals surface area (Å²) < 4.78 is 18.9. The predicted octanol–water partition coefficient (Wildman–Crippen LogP) is 3.07. The van der Waals surface area contributed by atoms with E-state index in [4.69, 9.17) is 22.7 Å². The lowest BCUT2D eigenvalue weighted by Gasteiger charge is -2.36. The summed E-state index contributed by atoms with van der Waals surface area (Å²) in [5, 5.41) is 3.15. The van der Waals surface area contributed by atoms with Gasteiger partial charge in [0.25, 0.3) is 0 Å². The molecule has 3 N–H and O–H groups in total. The SMILES string of the molecule is NC(=S)Nc1cccc(OCCCN2CCN(c3ccc(F)cc3)CC2)c1. The normalized spacial score (nSPS) is 14.8. The van der Waals surface area contributed by atoms with Crippen molar-refractivity contribution in [2.75, 3.05) is 49.5 Å². The first-order chi connectivity index (χ1) is 13.1. The molecule has 144 valence electrons. The van der Waals surface area contributed by atoms with Gasteiger partial charge in [-0.05, 0) is 55.0 Å². The molecule has 3 rings (SSSR count). The van der Waals surface area contributed by atoms with Crippen molar-refractivity contribution in [1.82, 2.24) is 4.90 Å². The molecule has 0 radical (unpaired) electrons. The molecule has 1 heterocycles. The molecule has 0 aromatic heterocycles. The van der Waals surface area contributed by atoms with Crippen LogP contribution in [0.15, 0.2) is 48.5 Å². The van der Waals surface area contributed by atoms with Gasteiger partial charge >= 0.3 is 0 Å². The topological polar surface area (TPSA) is 53.8 Å². The molecule has 0 aliphatic carbocycles. The number of halogens is 1. The highest BCUT2D eigenvalue weighted by Crippen LogP contribution is 2.18. The van der Waals surface area contributed by atoms with Crippen LogP contribution in [0.5, 0.6) is 5.75 Å². The quantitative estimate of drug-likeness (QED) is 0.562. The van der Waals surface area contributed by atoms with Crippen LogP contribution in [0.25, 0.3) is 0 Å². The Balaban J connectivity index is 1.36. The second kappa shape index (κ2) is 9.53. The molecule has 7 heteroatoms. The van der Waals surface area contributed by atoms with Crippen LogP contribution in [0.2, 0.25) is 0 Å². The lowest BCUT2D eigenvalue weighted by molar-refractivity contribution is 0.225. The first-order valence-corrected chi connectivity index (χ1v) is 9.53. The number of piperazine rings is 1. The largest absolute Gasteiger partial charge is 0.493 e. The summed E-state index contributed by atoms with van der Waals surface area (Å²) in [5.74, 6) is 0.613. The highest BCUT2D eigenvalue weighted by molar-refractivity contribution is 7.80. The Morgan fingerprint density at radius 1 is 1.11 bits per heavy atom. The predicted molar refractivity (Wildman–Crippen MR) is 112 cm³/mol. The number of ether oxygens (including phenoxy) is 1. The van der Waals surface area contributed by atoms with Crippen molar-refractivity contribution in [2.24, 2.45) is 5.73 Å². The van der Waals surface area contributed by atoms with Crippen molar-refractivity contribution < 1.29 is 9.13 Å². The Morgan fingerprint density at radius 3 is 2.56 bits per heavy atom. The first kappa shape index (κ1) is 19.4. The molecule has 2 aromatic rings. The lowest BCUT2D eigenvalue weighted by Crippen LogP contribution is -2.46. The average Bonchev–Trinajstić information content (AvgIpc) is 2.66. The molecule has 1 aliphatic rings. The van der Waals surface area contributed by atoms with Crippen LogP contribution < -0.4 is 20.7 Å². The molecule has 0 amide bonds. The van der Waals surface area contributed by atoms with Gasteiger partial charge in [0, 0.05) is 50.2 Å². The molecule has 0 unspecified atom stereocenters. The number of hydrogen-bond acceptors (Lipinski definition) is 4. The fourth-order valence-electron chi connectivity index (χ4n) is 3.17. The van der Waals surface area contributed by atoms with Gasteiger partial charge in [-0.25, -0.2) is 4.39 Å². The monoisotopic (exact) mass is 388 g/mol. The standard InChI is InChI=1S/C20H25FN4OS/c21-16-5-7-18(8-6-16)25-12-10-24(11-13-25)9-2-14-26-19-4-1-3-17(15-19)23-20(22)27/h1,3-8,15H,2,9-14H2,(H3,22,23,27). The van der Waals surface area contributed by atoms with E-state index in [9.17, 15) is 4.39 Å². The van der Waals surface area contributed by atoms with Gasteiger partial charge < -0.3 is 20.7 Å². The Hall–Kier alpha value is -2.38. The van der Waals surface area contributed by atoms with Gasteiger partial charge in [0.15, 0.2) is 5.11 Å². The van der Waals surface area contributed by atoms with E-state index in [-0.39, 0.29) is 10.9 Å². The van der Waals surface area contributed by atoms with E-state index in [1.54, 1.807) is 0 Å². The fourth-order valence-corrected chi connectivity index (χ4v) is 3.28. The van der Waals surface area contributed by atoms with E-state index >= 15 is 0 Å². The minimum atomic E-state index is -0.190. The van der Waals surface area contributed by atoms with Gasteiger partial charge in [0.2, 0.25) is 0 Å². The Bertz CT molecular complexity index is 748. The van der Waals surface area contributed by atoms with Crippen LogP contribution in [0.1, 0.15) is 6.42 Å². The van der Waals surface area contributed by atoms with E-state index in [1.807, 2.05) is 36.4 Å². The van der Waals surface area contributed by atoms with Crippen LogP contribution in [-0.2, 0) is 0 Å². The van der Waals surface area contributed by atoms with Crippen LogP contribution in [0.4, 0.5) is 15.8 Å². The van der Waals surface area contributed by atoms with E-state index in [0.29, 0.717) is 6.61 Å². The van der Waals surface area contributed by atoms with Crippen molar-refractivity contribution in [3.63, 3.8) is 0 Å². The average molecular weight is 389 g/mol. The Labute approximate surface area is 164 Å². The highest BCUT2D eigenvalue weighted by atomic mass is 32.1. The second-order valence-electron chi connectivity index (χ2n) is 6.52. The summed E-state index contributed by atoms with van der Waals surface area (Å²) in [4.78, 5) is 4.74. The van der Waals surface area contributed by atoms with Crippen LogP contribution in [-0.4, -0.2) is 49.3 Å². The summed E-state index contributed by atoms with van der Waals surface area (Å²) in [7, 11) is 0. The van der Waals surface area contributed by atoms with Crippen LogP contribution in [0, 0.1) is 5.82 Å². The van der Waals surface area contributed by atoms with E-state index < -0.39 is 0 Å². The molecule has 1 saturated heterocycles. The maximum Gasteiger partial charge on any atom is 0.168 e. The summed E-state index contributed by atoms with van der Waals surface area (Å²) >= 11 is 4.84. The molecule has 2 aromatic carbocycles. The zero-order valence-corrected chi connectivity index (χ0v) is 16.1. The van der Waals surface area contributed by atoms with Gasteiger partial charge in [-0.15, -0.1) is 0 Å². The summed E-state index contributed by atoms with van der Waals surface area (Å²) in [6.45, 7) is 5.59. The number of nitrogens with one attached hydrogen (secondary N) is 1. The lowest BCUT2D eigenvalue weighted by atomic mass is 10.2. The van der Waals surface area contributed by atoms with Crippen LogP contribution in [0.3, 0.4) is 0 Å². The smallest absolute Gasteiger partial charge is 0.168 e. The fraction of sp³-hybridized carbons (Fsp3) is 0.350. The van der Waals surface area contributed by atoms with Crippen molar-refractivity contribution in [3.05, 3.63) is 54.3 Å². The molecule has 0 saturated carbocycles. The number of thiocarbonyl (C=S) groups is 1. The van der Waals surface area contributed by atoms with Crippen LogP contribution >= 0.6 is 12.2 Å². The summed E-state index contributed by atoms with van der Waals surface area (Å²) in [5.41, 5.74) is 7.40. The molecule has 5 nitrogen and oxygen atoms in total. The minimum Gasteiger partial charge on any atom is -0.493 e. The molecule has 1 fully saturated rings. The van der Waals surface area contributed by atoms with Crippen molar-refractivity contribution in [1.29, 1.82) is 0 Å². The van der Waals surface area contributed by atoms with E-state index in [2.05, 4.69) is 15.1 Å². The number of nitrogens with two attached hydrogens (primary N) is 1. The van der Waals surface area contributed by atoms with Gasteiger partial charge in [-0.1, -0.05) is 6.07 Å². The molecular weight excluding hydrogens is 363 g/mol. The van der Waals surface area contributed by atoms with Crippen molar-refractivity contribution >= 4 is 28.7 Å². The third kappa shape index (κ3) is 6.08. The molecule has 27 heavy (non-hydrogen) atoms. The van der Waals surface area contributed by atoms with E-state index in [1.165, 1.54) is 12.1 Å². The van der Waals surface area contributed by atoms with Crippen molar-refractivity contribution in [2.45, 2.75) is 6.42 Å². The van der Waals surface area contributed by atoms with Crippen molar-refractivity contribution in [3.8, 4) is 5.75 Å². The number of rotatable bonds is 7. The maximum atomic E-state index is 13.0. The highest BCUT2D eigenvalue weighted by Gasteiger charge is 2.16. The number of hydrogen-bond donors (Lipinski definition) is 2. The van der Waals surface area contributed by atoms with Gasteiger partial charge in [0.1, 0.15) is 11.6 Å². The Kier molecular flexibility index (Phi) is 6.84. The molecule has 0 atom stereocenters. The summed E-state index contributed by atoms with van der Waals surface area (Å²) in [6, 6.07) is 14.3. The molecular formula is C20H25FN4OS. The Morgan fingerprint density at radius 2 is 1.85 bits per heavy atom. The zero-order valence-electron chi connectivity index (χ0n) is 15.2. The molecule has 0 spiro atoms. The van der Waals surface area contributed by atoms with E-state index in [0.717, 1.165) is 56.3 Å². The maximum absolute atomic E-state index is 13.0. The number of benzene rings is 2. The van der Waals surface area contributed by atoms with Gasteiger partial charge in [0.05, 0.1) is 6.61 Å². The minimum absolute atomic E-state index is 0.190. The number of nitrogens with zero attached hydrogens (tertiary/aromatic N) is 2.